The third kappa shape index (κ3) is 6.34. The van der Waals surface area contributed by atoms with E-state index in [2.05, 4.69) is 21.2 Å². The zero-order valence-corrected chi connectivity index (χ0v) is 17.7. The van der Waals surface area contributed by atoms with Crippen molar-refractivity contribution in [2.75, 3.05) is 6.61 Å². The third-order valence-corrected chi connectivity index (χ3v) is 4.52. The molecule has 2 aromatic rings. The maximum atomic E-state index is 13.7. The van der Waals surface area contributed by atoms with E-state index >= 15 is 0 Å². The summed E-state index contributed by atoms with van der Waals surface area (Å²) in [5.41, 5.74) is 0.859. The number of rotatable bonds is 8. The monoisotopic (exact) mass is 450 g/mol. The molecule has 5 nitrogen and oxygen atoms in total. The third-order valence-electron chi connectivity index (χ3n) is 4.03. The first-order chi connectivity index (χ1) is 13.3. The summed E-state index contributed by atoms with van der Waals surface area (Å²) in [7, 11) is 0. The van der Waals surface area contributed by atoms with Crippen molar-refractivity contribution in [2.45, 2.75) is 39.4 Å². The van der Waals surface area contributed by atoms with Crippen LogP contribution in [0.25, 0.3) is 0 Å². The minimum atomic E-state index is -0.710. The maximum absolute atomic E-state index is 13.7. The van der Waals surface area contributed by atoms with Crippen LogP contribution >= 0.6 is 15.9 Å². The van der Waals surface area contributed by atoms with Crippen LogP contribution in [0.15, 0.2) is 53.0 Å². The van der Waals surface area contributed by atoms with Gasteiger partial charge in [0.2, 0.25) is 5.91 Å². The van der Waals surface area contributed by atoms with Crippen LogP contribution in [0.3, 0.4) is 0 Å². The van der Waals surface area contributed by atoms with Gasteiger partial charge in [0.15, 0.2) is 18.2 Å². The van der Waals surface area contributed by atoms with Gasteiger partial charge >= 0.3 is 0 Å². The fourth-order valence-corrected chi connectivity index (χ4v) is 3.05. The van der Waals surface area contributed by atoms with Crippen molar-refractivity contribution in [1.82, 2.24) is 10.2 Å². The molecule has 0 spiro atoms. The van der Waals surface area contributed by atoms with Gasteiger partial charge < -0.3 is 15.0 Å². The van der Waals surface area contributed by atoms with Crippen LogP contribution in [-0.2, 0) is 16.1 Å². The highest BCUT2D eigenvalue weighted by molar-refractivity contribution is 9.10. The smallest absolute Gasteiger partial charge is 0.261 e. The van der Waals surface area contributed by atoms with E-state index in [0.717, 1.165) is 10.0 Å². The van der Waals surface area contributed by atoms with Gasteiger partial charge in [-0.05, 0) is 50.6 Å². The minimum Gasteiger partial charge on any atom is -0.481 e. The molecule has 2 amide bonds. The molecule has 0 aliphatic heterocycles. The fourth-order valence-electron chi connectivity index (χ4n) is 2.60. The Morgan fingerprint density at radius 2 is 1.86 bits per heavy atom. The first-order valence-electron chi connectivity index (χ1n) is 8.99. The maximum Gasteiger partial charge on any atom is 0.261 e. The highest BCUT2D eigenvalue weighted by atomic mass is 79.9. The number of nitrogens with zero attached hydrogens (tertiary/aromatic N) is 1. The van der Waals surface area contributed by atoms with Crippen molar-refractivity contribution < 1.29 is 18.7 Å². The van der Waals surface area contributed by atoms with Crippen LogP contribution in [0.1, 0.15) is 26.3 Å². The lowest BCUT2D eigenvalue weighted by molar-refractivity contribution is -0.142. The Balaban J connectivity index is 2.17. The molecule has 0 fully saturated rings. The summed E-state index contributed by atoms with van der Waals surface area (Å²) < 4.78 is 20.0. The second-order valence-electron chi connectivity index (χ2n) is 6.71. The Hall–Kier alpha value is -2.41. The lowest BCUT2D eigenvalue weighted by Crippen LogP contribution is -2.50. The van der Waals surface area contributed by atoms with Gasteiger partial charge in [0.1, 0.15) is 6.04 Å². The zero-order chi connectivity index (χ0) is 20.7. The number of nitrogens with one attached hydrogen (secondary N) is 1. The second kappa shape index (κ2) is 10.2. The van der Waals surface area contributed by atoms with E-state index in [9.17, 15) is 14.0 Å². The Morgan fingerprint density at radius 1 is 1.14 bits per heavy atom. The molecule has 0 saturated carbocycles. The van der Waals surface area contributed by atoms with Gasteiger partial charge in [-0.2, -0.15) is 0 Å². The number of carbonyl (C=O) groups is 2. The van der Waals surface area contributed by atoms with E-state index in [1.54, 1.807) is 19.1 Å². The highest BCUT2D eigenvalue weighted by Crippen LogP contribution is 2.18. The van der Waals surface area contributed by atoms with Crippen molar-refractivity contribution in [3.05, 3.63) is 64.4 Å². The van der Waals surface area contributed by atoms with Gasteiger partial charge in [-0.25, -0.2) is 4.39 Å². The summed E-state index contributed by atoms with van der Waals surface area (Å²) in [5.74, 6) is -1.21. The summed E-state index contributed by atoms with van der Waals surface area (Å²) in [6, 6.07) is 12.6. The largest absolute Gasteiger partial charge is 0.481 e. The molecule has 0 saturated heterocycles. The number of hydrogen-bond acceptors (Lipinski definition) is 3. The van der Waals surface area contributed by atoms with E-state index in [1.165, 1.54) is 17.0 Å². The van der Waals surface area contributed by atoms with Crippen molar-refractivity contribution >= 4 is 27.7 Å². The van der Waals surface area contributed by atoms with Gasteiger partial charge in [-0.15, -0.1) is 0 Å². The Bertz CT molecular complexity index is 829. The van der Waals surface area contributed by atoms with E-state index in [-0.39, 0.29) is 30.9 Å². The van der Waals surface area contributed by atoms with Crippen LogP contribution < -0.4 is 10.1 Å². The topological polar surface area (TPSA) is 58.6 Å². The average molecular weight is 451 g/mol. The summed E-state index contributed by atoms with van der Waals surface area (Å²) in [6.07, 6.45) is 0. The summed E-state index contributed by atoms with van der Waals surface area (Å²) in [4.78, 5) is 26.7. The van der Waals surface area contributed by atoms with Crippen molar-refractivity contribution in [1.29, 1.82) is 0 Å². The van der Waals surface area contributed by atoms with E-state index in [0.29, 0.717) is 0 Å². The normalized spacial score (nSPS) is 11.8. The molecule has 150 valence electrons. The summed E-state index contributed by atoms with van der Waals surface area (Å²) >= 11 is 3.41. The molecule has 0 bridgehead atoms. The number of carbonyl (C=O) groups excluding carboxylic acids is 2. The Labute approximate surface area is 173 Å². The zero-order valence-electron chi connectivity index (χ0n) is 16.1. The van der Waals surface area contributed by atoms with Crippen molar-refractivity contribution in [3.63, 3.8) is 0 Å². The van der Waals surface area contributed by atoms with Crippen molar-refractivity contribution in [3.8, 4) is 5.75 Å². The molecule has 0 heterocycles. The molecule has 0 aliphatic rings. The van der Waals surface area contributed by atoms with Crippen molar-refractivity contribution in [2.24, 2.45) is 0 Å². The lowest BCUT2D eigenvalue weighted by atomic mass is 10.1. The second-order valence-corrected chi connectivity index (χ2v) is 7.63. The predicted octanol–water partition coefficient (Wildman–Crippen LogP) is 3.91. The van der Waals surface area contributed by atoms with Gasteiger partial charge in [-0.1, -0.05) is 40.2 Å². The number of halogens is 2. The van der Waals surface area contributed by atoms with Crippen LogP contribution in [0.4, 0.5) is 4.39 Å². The van der Waals surface area contributed by atoms with Gasteiger partial charge in [0.05, 0.1) is 0 Å². The van der Waals surface area contributed by atoms with Crippen LogP contribution in [0, 0.1) is 5.82 Å². The number of hydrogen-bond donors (Lipinski definition) is 1. The molecule has 28 heavy (non-hydrogen) atoms. The van der Waals surface area contributed by atoms with Crippen LogP contribution in [-0.4, -0.2) is 35.4 Å². The van der Waals surface area contributed by atoms with Gasteiger partial charge in [0.25, 0.3) is 5.91 Å². The molecule has 0 aromatic heterocycles. The fraction of sp³-hybridized carbons (Fsp3) is 0.333. The molecule has 2 rings (SSSR count). The van der Waals surface area contributed by atoms with Crippen LogP contribution in [0.5, 0.6) is 5.75 Å². The molecule has 1 unspecified atom stereocenters. The number of ether oxygens (including phenoxy) is 1. The average Bonchev–Trinajstić information content (AvgIpc) is 2.64. The number of benzene rings is 2. The minimum absolute atomic E-state index is 0.00228. The first-order valence-corrected chi connectivity index (χ1v) is 9.79. The quantitative estimate of drug-likeness (QED) is 0.662. The molecule has 7 heteroatoms. The van der Waals surface area contributed by atoms with Crippen LogP contribution in [0.2, 0.25) is 0 Å². The number of amides is 2. The van der Waals surface area contributed by atoms with Gasteiger partial charge in [-0.3, -0.25) is 9.59 Å². The lowest BCUT2D eigenvalue weighted by Gasteiger charge is -2.29. The van der Waals surface area contributed by atoms with E-state index < -0.39 is 17.8 Å². The summed E-state index contributed by atoms with van der Waals surface area (Å²) in [6.45, 7) is 5.23. The van der Waals surface area contributed by atoms with Gasteiger partial charge in [0, 0.05) is 17.1 Å². The van der Waals surface area contributed by atoms with E-state index in [1.807, 2.05) is 38.1 Å². The highest BCUT2D eigenvalue weighted by Gasteiger charge is 2.27. The molecule has 1 N–H and O–H groups in total. The van der Waals surface area contributed by atoms with E-state index in [4.69, 9.17) is 4.74 Å². The molecule has 0 radical (unpaired) electrons. The Morgan fingerprint density at radius 3 is 2.50 bits per heavy atom. The summed E-state index contributed by atoms with van der Waals surface area (Å²) in [5, 5.41) is 2.82. The first kappa shape index (κ1) is 21.9. The molecule has 2 aromatic carbocycles. The SMILES string of the molecule is CC(C)NC(=O)C(C)N(Cc1cccc(Br)c1)C(=O)COc1ccccc1F. The molecular formula is C21H24BrFN2O3. The molecule has 0 aliphatic carbocycles. The standard InChI is InChI=1S/C21H24BrFN2O3/c1-14(2)24-21(27)15(3)25(12-16-7-6-8-17(22)11-16)20(26)13-28-19-10-5-4-9-18(19)23/h4-11,14-15H,12-13H2,1-3H3,(H,24,27). The Kier molecular flexibility index (Phi) is 7.99. The predicted molar refractivity (Wildman–Crippen MR) is 109 cm³/mol. The number of para-hydroxylation sites is 1. The molecular weight excluding hydrogens is 427 g/mol. The molecule has 1 atom stereocenters.